The van der Waals surface area contributed by atoms with Crippen LogP contribution in [0.2, 0.25) is 0 Å². The Balaban J connectivity index is 2.00. The molecule has 1 aromatic heterocycles. The number of rotatable bonds is 1. The number of aromatic amines is 1. The molecule has 4 rings (SSSR count). The first kappa shape index (κ1) is 11.9. The monoisotopic (exact) mass is 275 g/mol. The number of hydrogen-bond acceptors (Lipinski definition) is 2. The highest BCUT2D eigenvalue weighted by Gasteiger charge is 2.21. The largest absolute Gasteiger partial charge is 0.351 e. The molecule has 1 amide bonds. The van der Waals surface area contributed by atoms with Gasteiger partial charge in [0.25, 0.3) is 0 Å². The average molecular weight is 275 g/mol. The highest BCUT2D eigenvalue weighted by Crippen LogP contribution is 2.30. The molecule has 0 unspecified atom stereocenters. The molecule has 2 aromatic carbocycles. The molecule has 0 saturated carbocycles. The van der Waals surface area contributed by atoms with Crippen LogP contribution in [0.3, 0.4) is 0 Å². The quantitative estimate of drug-likeness (QED) is 0.705. The van der Waals surface area contributed by atoms with Crippen LogP contribution in [0.1, 0.15) is 11.3 Å². The summed E-state index contributed by atoms with van der Waals surface area (Å²) in [5.74, 6) is -0.0908. The first-order chi connectivity index (χ1) is 10.3. The van der Waals surface area contributed by atoms with Crippen LogP contribution >= 0.6 is 0 Å². The molecule has 4 heteroatoms. The number of hydrogen-bond donors (Lipinski definition) is 2. The highest BCUT2D eigenvalue weighted by atomic mass is 16.1. The van der Waals surface area contributed by atoms with E-state index in [-0.39, 0.29) is 12.5 Å². The van der Waals surface area contributed by atoms with Crippen molar-refractivity contribution in [3.63, 3.8) is 0 Å². The lowest BCUT2D eigenvalue weighted by Crippen LogP contribution is -2.13. The molecule has 0 fully saturated rings. The number of carbonyl (C=O) groups is 1. The van der Waals surface area contributed by atoms with Gasteiger partial charge in [0.2, 0.25) is 5.91 Å². The number of carbonyl (C=O) groups excluding carboxylic acids is 1. The van der Waals surface area contributed by atoms with E-state index in [9.17, 15) is 4.79 Å². The molecular weight excluding hydrogens is 262 g/mol. The zero-order valence-electron chi connectivity index (χ0n) is 11.3. The second-order valence-electron chi connectivity index (χ2n) is 5.00. The maximum absolute atomic E-state index is 11.9. The molecule has 0 aliphatic carbocycles. The Morgan fingerprint density at radius 2 is 1.71 bits per heavy atom. The first-order valence-corrected chi connectivity index (χ1v) is 6.84. The van der Waals surface area contributed by atoms with Crippen molar-refractivity contribution in [2.45, 2.75) is 0 Å². The van der Waals surface area contributed by atoms with Gasteiger partial charge < -0.3 is 10.3 Å². The summed E-state index contributed by atoms with van der Waals surface area (Å²) < 4.78 is 0. The zero-order valence-corrected chi connectivity index (χ0v) is 11.3. The average Bonchev–Trinajstić information content (AvgIpc) is 2.79. The molecular formula is C17H13N3O. The van der Waals surface area contributed by atoms with Gasteiger partial charge in [-0.15, -0.1) is 0 Å². The minimum atomic E-state index is -0.0908. The van der Waals surface area contributed by atoms with E-state index in [0.29, 0.717) is 0 Å². The van der Waals surface area contributed by atoms with E-state index in [2.05, 4.69) is 15.3 Å². The van der Waals surface area contributed by atoms with Crippen molar-refractivity contribution in [1.82, 2.24) is 4.98 Å². The van der Waals surface area contributed by atoms with Crippen molar-refractivity contribution in [3.8, 4) is 0 Å². The normalized spacial score (nSPS) is 14.3. The van der Waals surface area contributed by atoms with Crippen molar-refractivity contribution in [2.24, 2.45) is 4.99 Å². The fraction of sp³-hybridized carbons (Fsp3) is 0.0588. The Morgan fingerprint density at radius 3 is 2.57 bits per heavy atom. The first-order valence-electron chi connectivity index (χ1n) is 6.84. The molecule has 2 heterocycles. The van der Waals surface area contributed by atoms with E-state index in [1.165, 1.54) is 0 Å². The van der Waals surface area contributed by atoms with E-state index in [1.54, 1.807) is 0 Å². The Morgan fingerprint density at radius 1 is 0.952 bits per heavy atom. The Hall–Kier alpha value is -2.88. The molecule has 0 bridgehead atoms. The van der Waals surface area contributed by atoms with Gasteiger partial charge in [0, 0.05) is 16.5 Å². The van der Waals surface area contributed by atoms with Crippen molar-refractivity contribution in [1.29, 1.82) is 0 Å². The number of para-hydroxylation sites is 1. The van der Waals surface area contributed by atoms with E-state index < -0.39 is 0 Å². The van der Waals surface area contributed by atoms with Crippen LogP contribution < -0.4 is 5.32 Å². The lowest BCUT2D eigenvalue weighted by Gasteiger charge is -2.05. The third-order valence-corrected chi connectivity index (χ3v) is 3.64. The summed E-state index contributed by atoms with van der Waals surface area (Å²) in [5.41, 5.74) is 4.50. The predicted molar refractivity (Wildman–Crippen MR) is 83.9 cm³/mol. The minimum Gasteiger partial charge on any atom is -0.351 e. The molecule has 0 atom stereocenters. The van der Waals surface area contributed by atoms with Crippen LogP contribution in [0.15, 0.2) is 59.6 Å². The van der Waals surface area contributed by atoms with E-state index >= 15 is 0 Å². The summed E-state index contributed by atoms with van der Waals surface area (Å²) in [6, 6.07) is 17.9. The van der Waals surface area contributed by atoms with Gasteiger partial charge in [-0.1, -0.05) is 48.5 Å². The molecule has 21 heavy (non-hydrogen) atoms. The van der Waals surface area contributed by atoms with Gasteiger partial charge in [-0.25, -0.2) is 0 Å². The zero-order chi connectivity index (χ0) is 14.2. The number of nitrogens with one attached hydrogen (secondary N) is 2. The van der Waals surface area contributed by atoms with Gasteiger partial charge in [0.05, 0.1) is 17.1 Å². The second kappa shape index (κ2) is 4.59. The molecule has 1 aliphatic heterocycles. The topological polar surface area (TPSA) is 57.2 Å². The van der Waals surface area contributed by atoms with Crippen LogP contribution in [0.25, 0.3) is 10.9 Å². The second-order valence-corrected chi connectivity index (χ2v) is 5.00. The van der Waals surface area contributed by atoms with Gasteiger partial charge >= 0.3 is 0 Å². The minimum absolute atomic E-state index is 0.0908. The third-order valence-electron chi connectivity index (χ3n) is 3.64. The van der Waals surface area contributed by atoms with E-state index in [0.717, 1.165) is 33.6 Å². The number of aliphatic imine (C=N–C) groups is 1. The van der Waals surface area contributed by atoms with Crippen LogP contribution in [0.5, 0.6) is 0 Å². The molecule has 102 valence electrons. The third kappa shape index (κ3) is 1.92. The number of H-pyrrole nitrogens is 1. The summed E-state index contributed by atoms with van der Waals surface area (Å²) in [6.07, 6.45) is 0. The molecule has 0 saturated heterocycles. The highest BCUT2D eigenvalue weighted by molar-refractivity contribution is 6.22. The Bertz CT molecular complexity index is 862. The van der Waals surface area contributed by atoms with Gasteiger partial charge in [0.15, 0.2) is 0 Å². The molecule has 4 nitrogen and oxygen atoms in total. The van der Waals surface area contributed by atoms with Gasteiger partial charge in [-0.05, 0) is 6.07 Å². The van der Waals surface area contributed by atoms with Crippen LogP contribution in [0, 0.1) is 0 Å². The van der Waals surface area contributed by atoms with Crippen molar-refractivity contribution in [2.75, 3.05) is 11.9 Å². The fourth-order valence-corrected chi connectivity index (χ4v) is 2.69. The summed E-state index contributed by atoms with van der Waals surface area (Å²) >= 11 is 0. The lowest BCUT2D eigenvalue weighted by atomic mass is 10.1. The summed E-state index contributed by atoms with van der Waals surface area (Å²) in [6.45, 7) is 0.140. The maximum Gasteiger partial charge on any atom is 0.246 e. The SMILES string of the molecule is O=C1CN=C(c2ccccc2)c2[nH]c3ccccc3c2N1. The molecule has 3 aromatic rings. The summed E-state index contributed by atoms with van der Waals surface area (Å²) in [5, 5.41) is 3.97. The number of anilines is 1. The van der Waals surface area contributed by atoms with E-state index in [4.69, 9.17) is 0 Å². The Kier molecular flexibility index (Phi) is 2.60. The molecule has 0 spiro atoms. The van der Waals surface area contributed by atoms with Gasteiger partial charge in [0.1, 0.15) is 6.54 Å². The molecule has 1 aliphatic rings. The number of amides is 1. The van der Waals surface area contributed by atoms with Crippen LogP contribution in [-0.2, 0) is 4.79 Å². The van der Waals surface area contributed by atoms with Crippen molar-refractivity contribution >= 4 is 28.2 Å². The molecule has 2 N–H and O–H groups in total. The van der Waals surface area contributed by atoms with Gasteiger partial charge in [-0.3, -0.25) is 9.79 Å². The summed E-state index contributed by atoms with van der Waals surface area (Å²) in [4.78, 5) is 19.8. The van der Waals surface area contributed by atoms with Crippen molar-refractivity contribution < 1.29 is 4.79 Å². The Labute approximate surface area is 121 Å². The van der Waals surface area contributed by atoms with E-state index in [1.807, 2.05) is 54.6 Å². The number of fused-ring (bicyclic) bond motifs is 3. The lowest BCUT2D eigenvalue weighted by molar-refractivity contribution is -0.114. The van der Waals surface area contributed by atoms with Gasteiger partial charge in [-0.2, -0.15) is 0 Å². The molecule has 0 radical (unpaired) electrons. The maximum atomic E-state index is 11.9. The smallest absolute Gasteiger partial charge is 0.246 e. The summed E-state index contributed by atoms with van der Waals surface area (Å²) in [7, 11) is 0. The van der Waals surface area contributed by atoms with Crippen LogP contribution in [0.4, 0.5) is 5.69 Å². The number of benzene rings is 2. The number of nitrogens with zero attached hydrogens (tertiary/aromatic N) is 1. The number of aromatic nitrogens is 1. The van der Waals surface area contributed by atoms with Crippen LogP contribution in [-0.4, -0.2) is 23.1 Å². The van der Waals surface area contributed by atoms with Crippen molar-refractivity contribution in [3.05, 3.63) is 65.9 Å². The predicted octanol–water partition coefficient (Wildman–Crippen LogP) is 2.96. The standard InChI is InChI=1S/C17H13N3O/c21-14-10-18-15(11-6-2-1-3-7-11)17-16(20-14)12-8-4-5-9-13(12)19-17/h1-9,19H,10H2,(H,20,21). The fourth-order valence-electron chi connectivity index (χ4n) is 2.69.